The summed E-state index contributed by atoms with van der Waals surface area (Å²) in [6, 6.07) is 20.3. The van der Waals surface area contributed by atoms with Crippen molar-refractivity contribution in [2.45, 2.75) is 0 Å². The number of nitrogens with zero attached hydrogens (tertiary/aromatic N) is 2. The Bertz CT molecular complexity index is 687. The van der Waals surface area contributed by atoms with Crippen LogP contribution < -0.4 is 0 Å². The molecule has 1 aromatic heterocycles. The van der Waals surface area contributed by atoms with Crippen LogP contribution in [0.1, 0.15) is 11.4 Å². The molecule has 0 aliphatic heterocycles. The van der Waals surface area contributed by atoms with Crippen LogP contribution in [0.5, 0.6) is 0 Å². The van der Waals surface area contributed by atoms with Crippen LogP contribution in [-0.4, -0.2) is 9.97 Å². The summed E-state index contributed by atoms with van der Waals surface area (Å²) in [5.41, 5.74) is 3.30. The number of hydrogen-bond donors (Lipinski definition) is 0. The van der Waals surface area contributed by atoms with Crippen LogP contribution >= 0.6 is 0 Å². The molecule has 2 heteroatoms. The maximum Gasteiger partial charge on any atom is 0.151 e. The second-order valence-electron chi connectivity index (χ2n) is 4.44. The van der Waals surface area contributed by atoms with E-state index in [1.54, 1.807) is 0 Å². The van der Waals surface area contributed by atoms with Crippen LogP contribution in [0, 0.1) is 0 Å². The first-order valence-electron chi connectivity index (χ1n) is 6.52. The highest BCUT2D eigenvalue weighted by Gasteiger charge is 1.97. The molecular formula is C18H14N2. The molecule has 96 valence electrons. The smallest absolute Gasteiger partial charge is 0.151 e. The van der Waals surface area contributed by atoms with E-state index in [0.29, 0.717) is 5.82 Å². The molecule has 0 aliphatic carbocycles. The predicted molar refractivity (Wildman–Crippen MR) is 82.8 cm³/mol. The molecule has 0 radical (unpaired) electrons. The summed E-state index contributed by atoms with van der Waals surface area (Å²) in [4.78, 5) is 8.74. The molecule has 0 unspecified atom stereocenters. The third-order valence-corrected chi connectivity index (χ3v) is 3.00. The molecule has 0 N–H and O–H groups in total. The van der Waals surface area contributed by atoms with E-state index in [4.69, 9.17) is 0 Å². The Kier molecular flexibility index (Phi) is 3.65. The first-order chi connectivity index (χ1) is 9.92. The van der Waals surface area contributed by atoms with Crippen molar-refractivity contribution in [1.82, 2.24) is 9.97 Å². The summed E-state index contributed by atoms with van der Waals surface area (Å²) in [7, 11) is 0. The zero-order valence-electron chi connectivity index (χ0n) is 11.0. The lowest BCUT2D eigenvalue weighted by Gasteiger charge is -2.00. The third-order valence-electron chi connectivity index (χ3n) is 3.00. The molecule has 0 aliphatic rings. The minimum atomic E-state index is 0.716. The maximum absolute atomic E-state index is 4.37. The van der Waals surface area contributed by atoms with E-state index in [0.717, 1.165) is 16.7 Å². The molecule has 2 aromatic carbocycles. The lowest BCUT2D eigenvalue weighted by molar-refractivity contribution is 1.14. The van der Waals surface area contributed by atoms with Crippen LogP contribution in [0.2, 0.25) is 0 Å². The minimum Gasteiger partial charge on any atom is -0.236 e. The molecule has 0 amide bonds. The van der Waals surface area contributed by atoms with Gasteiger partial charge in [0.15, 0.2) is 5.82 Å². The Morgan fingerprint density at radius 3 is 1.85 bits per heavy atom. The SMILES string of the molecule is C(=Cc1ncc(-c2ccccc2)cn1)c1ccccc1. The molecule has 3 aromatic rings. The average molecular weight is 258 g/mol. The summed E-state index contributed by atoms with van der Waals surface area (Å²) in [6.07, 6.45) is 7.64. The van der Waals surface area contributed by atoms with Gasteiger partial charge in [-0.15, -0.1) is 0 Å². The Morgan fingerprint density at radius 1 is 0.600 bits per heavy atom. The highest BCUT2D eigenvalue weighted by molar-refractivity contribution is 5.67. The fraction of sp³-hybridized carbons (Fsp3) is 0. The normalized spacial score (nSPS) is 10.8. The fourth-order valence-electron chi connectivity index (χ4n) is 1.94. The standard InChI is InChI=1S/C18H14N2/c1-3-7-15(8-4-1)11-12-18-19-13-17(14-20-18)16-9-5-2-6-10-16/h1-14H. The first-order valence-corrected chi connectivity index (χ1v) is 6.52. The van der Waals surface area contributed by atoms with Crippen molar-refractivity contribution in [1.29, 1.82) is 0 Å². The lowest BCUT2D eigenvalue weighted by atomic mass is 10.1. The van der Waals surface area contributed by atoms with Gasteiger partial charge in [-0.3, -0.25) is 0 Å². The van der Waals surface area contributed by atoms with Crippen molar-refractivity contribution < 1.29 is 0 Å². The highest BCUT2D eigenvalue weighted by atomic mass is 14.8. The summed E-state index contributed by atoms with van der Waals surface area (Å²) in [5, 5.41) is 0. The number of hydrogen-bond acceptors (Lipinski definition) is 2. The third kappa shape index (κ3) is 2.98. The predicted octanol–water partition coefficient (Wildman–Crippen LogP) is 4.31. The average Bonchev–Trinajstić information content (AvgIpc) is 2.55. The van der Waals surface area contributed by atoms with Crippen molar-refractivity contribution in [3.63, 3.8) is 0 Å². The van der Waals surface area contributed by atoms with Crippen molar-refractivity contribution >= 4 is 12.2 Å². The van der Waals surface area contributed by atoms with Gasteiger partial charge in [0.1, 0.15) is 0 Å². The van der Waals surface area contributed by atoms with Gasteiger partial charge in [0.25, 0.3) is 0 Å². The van der Waals surface area contributed by atoms with Gasteiger partial charge >= 0.3 is 0 Å². The van der Waals surface area contributed by atoms with Gasteiger partial charge in [0.2, 0.25) is 0 Å². The minimum absolute atomic E-state index is 0.716. The molecule has 0 bridgehead atoms. The summed E-state index contributed by atoms with van der Waals surface area (Å²) in [5.74, 6) is 0.716. The molecular weight excluding hydrogens is 244 g/mol. The van der Waals surface area contributed by atoms with E-state index in [1.165, 1.54) is 0 Å². The van der Waals surface area contributed by atoms with E-state index >= 15 is 0 Å². The van der Waals surface area contributed by atoms with Gasteiger partial charge in [0, 0.05) is 18.0 Å². The van der Waals surface area contributed by atoms with Crippen LogP contribution in [0.15, 0.2) is 73.1 Å². The van der Waals surface area contributed by atoms with Gasteiger partial charge in [-0.1, -0.05) is 66.7 Å². The van der Waals surface area contributed by atoms with Crippen molar-refractivity contribution in [3.8, 4) is 11.1 Å². The van der Waals surface area contributed by atoms with Crippen LogP contribution in [0.4, 0.5) is 0 Å². The zero-order chi connectivity index (χ0) is 13.6. The first kappa shape index (κ1) is 12.3. The fourth-order valence-corrected chi connectivity index (χ4v) is 1.94. The maximum atomic E-state index is 4.37. The molecule has 0 saturated carbocycles. The second-order valence-corrected chi connectivity index (χ2v) is 4.44. The van der Waals surface area contributed by atoms with E-state index in [9.17, 15) is 0 Å². The van der Waals surface area contributed by atoms with Gasteiger partial charge in [0.05, 0.1) is 0 Å². The zero-order valence-corrected chi connectivity index (χ0v) is 11.0. The molecule has 1 heterocycles. The topological polar surface area (TPSA) is 25.8 Å². The Balaban J connectivity index is 1.79. The van der Waals surface area contributed by atoms with E-state index in [2.05, 4.69) is 34.2 Å². The molecule has 0 spiro atoms. The van der Waals surface area contributed by atoms with E-state index in [1.807, 2.05) is 60.9 Å². The number of benzene rings is 2. The largest absolute Gasteiger partial charge is 0.236 e. The van der Waals surface area contributed by atoms with Crippen LogP contribution in [0.3, 0.4) is 0 Å². The summed E-state index contributed by atoms with van der Waals surface area (Å²) >= 11 is 0. The highest BCUT2D eigenvalue weighted by Crippen LogP contribution is 2.16. The van der Waals surface area contributed by atoms with Crippen LogP contribution in [-0.2, 0) is 0 Å². The summed E-state index contributed by atoms with van der Waals surface area (Å²) in [6.45, 7) is 0. The quantitative estimate of drug-likeness (QED) is 0.699. The number of rotatable bonds is 3. The Morgan fingerprint density at radius 2 is 1.20 bits per heavy atom. The molecule has 0 saturated heterocycles. The summed E-state index contributed by atoms with van der Waals surface area (Å²) < 4.78 is 0. The van der Waals surface area contributed by atoms with Crippen molar-refractivity contribution in [3.05, 3.63) is 84.4 Å². The van der Waals surface area contributed by atoms with Gasteiger partial charge in [-0.2, -0.15) is 0 Å². The van der Waals surface area contributed by atoms with Gasteiger partial charge < -0.3 is 0 Å². The monoisotopic (exact) mass is 258 g/mol. The second kappa shape index (κ2) is 5.93. The van der Waals surface area contributed by atoms with Crippen molar-refractivity contribution in [2.75, 3.05) is 0 Å². The molecule has 20 heavy (non-hydrogen) atoms. The molecule has 3 rings (SSSR count). The van der Waals surface area contributed by atoms with Gasteiger partial charge in [-0.25, -0.2) is 9.97 Å². The van der Waals surface area contributed by atoms with E-state index < -0.39 is 0 Å². The lowest BCUT2D eigenvalue weighted by Crippen LogP contribution is -1.88. The Hall–Kier alpha value is -2.74. The van der Waals surface area contributed by atoms with Crippen molar-refractivity contribution in [2.24, 2.45) is 0 Å². The van der Waals surface area contributed by atoms with E-state index in [-0.39, 0.29) is 0 Å². The van der Waals surface area contributed by atoms with Crippen LogP contribution in [0.25, 0.3) is 23.3 Å². The number of aromatic nitrogens is 2. The molecule has 0 atom stereocenters. The Labute approximate surface area is 118 Å². The molecule has 0 fully saturated rings. The van der Waals surface area contributed by atoms with Gasteiger partial charge in [-0.05, 0) is 17.2 Å². The molecule has 2 nitrogen and oxygen atoms in total.